The molecule has 1 aliphatic heterocycles. The maximum atomic E-state index is 10.8. The van der Waals surface area contributed by atoms with Crippen LogP contribution in [0.5, 0.6) is 0 Å². The van der Waals surface area contributed by atoms with Crippen molar-refractivity contribution in [1.29, 1.82) is 0 Å². The van der Waals surface area contributed by atoms with Gasteiger partial charge in [-0.2, -0.15) is 0 Å². The van der Waals surface area contributed by atoms with Gasteiger partial charge in [-0.25, -0.2) is 15.6 Å². The van der Waals surface area contributed by atoms with E-state index in [1.165, 1.54) is 0 Å². The fourth-order valence-corrected chi connectivity index (χ4v) is 2.19. The summed E-state index contributed by atoms with van der Waals surface area (Å²) >= 11 is 0. The molecular formula is C9H19N3O2. The number of hydrazine groups is 1. The normalized spacial score (nSPS) is 23.9. The number of nitrogens with zero attached hydrogens (tertiary/aromatic N) is 1. The molecule has 5 heteroatoms. The number of hydrogen-bond acceptors (Lipinski definition) is 3. The molecule has 0 radical (unpaired) electrons. The van der Waals surface area contributed by atoms with Crippen molar-refractivity contribution in [3.63, 3.8) is 0 Å². The number of nitrogens with two attached hydrogens (primary N) is 1. The third-order valence-corrected chi connectivity index (χ3v) is 2.81. The third kappa shape index (κ3) is 2.36. The maximum Gasteiger partial charge on any atom is 0.421 e. The van der Waals surface area contributed by atoms with Crippen molar-refractivity contribution in [2.75, 3.05) is 13.1 Å². The Kier molecular flexibility index (Phi) is 3.71. The monoisotopic (exact) mass is 201 g/mol. The summed E-state index contributed by atoms with van der Waals surface area (Å²) in [6.07, 6.45) is -0.0419. The van der Waals surface area contributed by atoms with Crippen LogP contribution < -0.4 is 11.2 Å². The van der Waals surface area contributed by atoms with E-state index in [9.17, 15) is 4.79 Å². The largest absolute Gasteiger partial charge is 0.464 e. The summed E-state index contributed by atoms with van der Waals surface area (Å²) < 4.78 is 0. The SMILES string of the molecule is CC(C)C([C@@H]1CCNC1)N(N)C(=O)O. The number of carbonyl (C=O) groups is 1. The van der Waals surface area contributed by atoms with E-state index in [-0.39, 0.29) is 12.0 Å². The van der Waals surface area contributed by atoms with Gasteiger partial charge in [-0.1, -0.05) is 13.8 Å². The zero-order chi connectivity index (χ0) is 10.7. The van der Waals surface area contributed by atoms with E-state index >= 15 is 0 Å². The van der Waals surface area contributed by atoms with Crippen LogP contribution >= 0.6 is 0 Å². The molecule has 0 spiro atoms. The van der Waals surface area contributed by atoms with Crippen LogP contribution in [0.15, 0.2) is 0 Å². The van der Waals surface area contributed by atoms with Crippen LogP contribution in [0.3, 0.4) is 0 Å². The highest BCUT2D eigenvalue weighted by atomic mass is 16.4. The number of rotatable bonds is 3. The molecule has 0 aromatic carbocycles. The van der Waals surface area contributed by atoms with Crippen LogP contribution in [0.25, 0.3) is 0 Å². The number of carboxylic acid groups (broad SMARTS) is 1. The molecule has 1 aliphatic rings. The van der Waals surface area contributed by atoms with Gasteiger partial charge in [-0.3, -0.25) is 0 Å². The lowest BCUT2D eigenvalue weighted by molar-refractivity contribution is 0.0874. The van der Waals surface area contributed by atoms with E-state index in [2.05, 4.69) is 5.32 Å². The van der Waals surface area contributed by atoms with E-state index < -0.39 is 6.09 Å². The van der Waals surface area contributed by atoms with E-state index in [0.717, 1.165) is 24.5 Å². The van der Waals surface area contributed by atoms with E-state index in [0.29, 0.717) is 5.92 Å². The van der Waals surface area contributed by atoms with Crippen molar-refractivity contribution in [2.45, 2.75) is 26.3 Å². The molecule has 2 atom stereocenters. The molecule has 1 rings (SSSR count). The van der Waals surface area contributed by atoms with E-state index in [4.69, 9.17) is 10.9 Å². The maximum absolute atomic E-state index is 10.8. The van der Waals surface area contributed by atoms with Crippen molar-refractivity contribution >= 4 is 6.09 Å². The fraction of sp³-hybridized carbons (Fsp3) is 0.889. The van der Waals surface area contributed by atoms with Crippen molar-refractivity contribution in [1.82, 2.24) is 10.3 Å². The van der Waals surface area contributed by atoms with Gasteiger partial charge >= 0.3 is 6.09 Å². The molecule has 5 nitrogen and oxygen atoms in total. The molecule has 1 heterocycles. The summed E-state index contributed by atoms with van der Waals surface area (Å²) in [6.45, 7) is 5.84. The predicted molar refractivity (Wildman–Crippen MR) is 53.7 cm³/mol. The Morgan fingerprint density at radius 3 is 2.64 bits per heavy atom. The Bertz CT molecular complexity index is 202. The highest BCUT2D eigenvalue weighted by Gasteiger charge is 2.33. The lowest BCUT2D eigenvalue weighted by Gasteiger charge is -2.32. The summed E-state index contributed by atoms with van der Waals surface area (Å²) in [6, 6.07) is -0.0810. The van der Waals surface area contributed by atoms with Crippen LogP contribution in [0, 0.1) is 11.8 Å². The first kappa shape index (κ1) is 11.3. The highest BCUT2D eigenvalue weighted by Crippen LogP contribution is 2.22. The van der Waals surface area contributed by atoms with Gasteiger partial charge in [0.15, 0.2) is 0 Å². The van der Waals surface area contributed by atoms with Crippen molar-refractivity contribution in [3.05, 3.63) is 0 Å². The smallest absolute Gasteiger partial charge is 0.421 e. The number of nitrogens with one attached hydrogen (secondary N) is 1. The van der Waals surface area contributed by atoms with Crippen molar-refractivity contribution in [3.8, 4) is 0 Å². The van der Waals surface area contributed by atoms with Crippen LogP contribution in [0.1, 0.15) is 20.3 Å². The minimum absolute atomic E-state index is 0.0810. The van der Waals surface area contributed by atoms with Gasteiger partial charge in [0.1, 0.15) is 0 Å². The van der Waals surface area contributed by atoms with E-state index in [1.54, 1.807) is 0 Å². The molecule has 14 heavy (non-hydrogen) atoms. The second-order valence-electron chi connectivity index (χ2n) is 4.18. The standard InChI is InChI=1S/C9H19N3O2/c1-6(2)8(12(10)9(13)14)7-3-4-11-5-7/h6-8,11H,3-5,10H2,1-2H3,(H,13,14)/t7-,8?/m1/s1. The highest BCUT2D eigenvalue weighted by molar-refractivity contribution is 5.64. The zero-order valence-electron chi connectivity index (χ0n) is 8.73. The summed E-state index contributed by atoms with van der Waals surface area (Å²) in [7, 11) is 0. The van der Waals surface area contributed by atoms with E-state index in [1.807, 2.05) is 13.8 Å². The molecule has 1 saturated heterocycles. The second kappa shape index (κ2) is 4.61. The average Bonchev–Trinajstić information content (AvgIpc) is 2.56. The molecule has 0 saturated carbocycles. The second-order valence-corrected chi connectivity index (χ2v) is 4.18. The number of hydrogen-bond donors (Lipinski definition) is 3. The minimum atomic E-state index is -1.05. The van der Waals surface area contributed by atoms with Gasteiger partial charge in [-0.05, 0) is 24.8 Å². The summed E-state index contributed by atoms with van der Waals surface area (Å²) in [5.41, 5.74) is 0. The topological polar surface area (TPSA) is 78.6 Å². The van der Waals surface area contributed by atoms with Crippen LogP contribution in [0.4, 0.5) is 4.79 Å². The Labute approximate surface area is 84.2 Å². The van der Waals surface area contributed by atoms with Gasteiger partial charge in [0.2, 0.25) is 0 Å². The fourth-order valence-electron chi connectivity index (χ4n) is 2.19. The average molecular weight is 201 g/mol. The van der Waals surface area contributed by atoms with Gasteiger partial charge in [-0.15, -0.1) is 0 Å². The number of amides is 1. The first-order valence-corrected chi connectivity index (χ1v) is 5.01. The van der Waals surface area contributed by atoms with Crippen molar-refractivity contribution in [2.24, 2.45) is 17.7 Å². The van der Waals surface area contributed by atoms with Crippen LogP contribution in [-0.2, 0) is 0 Å². The quantitative estimate of drug-likeness (QED) is 0.352. The first-order valence-electron chi connectivity index (χ1n) is 5.01. The lowest BCUT2D eigenvalue weighted by Crippen LogP contribution is -2.51. The molecule has 1 amide bonds. The first-order chi connectivity index (χ1) is 6.54. The molecule has 0 aromatic heterocycles. The lowest BCUT2D eigenvalue weighted by atomic mass is 9.89. The molecular weight excluding hydrogens is 182 g/mol. The molecule has 0 aliphatic carbocycles. The summed E-state index contributed by atoms with van der Waals surface area (Å²) in [5, 5.41) is 13.0. The molecule has 82 valence electrons. The summed E-state index contributed by atoms with van der Waals surface area (Å²) in [4.78, 5) is 10.8. The summed E-state index contributed by atoms with van der Waals surface area (Å²) in [5.74, 6) is 6.14. The van der Waals surface area contributed by atoms with Crippen LogP contribution in [-0.4, -0.2) is 35.3 Å². The van der Waals surface area contributed by atoms with Crippen LogP contribution in [0.2, 0.25) is 0 Å². The van der Waals surface area contributed by atoms with Crippen molar-refractivity contribution < 1.29 is 9.90 Å². The molecule has 1 unspecified atom stereocenters. The zero-order valence-corrected chi connectivity index (χ0v) is 8.73. The third-order valence-electron chi connectivity index (χ3n) is 2.81. The Morgan fingerprint density at radius 2 is 2.29 bits per heavy atom. The Balaban J connectivity index is 2.67. The molecule has 4 N–H and O–H groups in total. The Morgan fingerprint density at radius 1 is 1.64 bits per heavy atom. The minimum Gasteiger partial charge on any atom is -0.464 e. The van der Waals surface area contributed by atoms with Gasteiger partial charge < -0.3 is 10.4 Å². The molecule has 0 bridgehead atoms. The van der Waals surface area contributed by atoms with Gasteiger partial charge in [0, 0.05) is 6.54 Å². The molecule has 1 fully saturated rings. The Hall–Kier alpha value is -0.810. The van der Waals surface area contributed by atoms with Gasteiger partial charge in [0.25, 0.3) is 0 Å². The van der Waals surface area contributed by atoms with Gasteiger partial charge in [0.05, 0.1) is 6.04 Å². The molecule has 0 aromatic rings. The predicted octanol–water partition coefficient (Wildman–Crippen LogP) is 0.474.